The number of phenols is 1. The van der Waals surface area contributed by atoms with E-state index in [0.717, 1.165) is 69.2 Å². The van der Waals surface area contributed by atoms with Crippen LogP contribution in [0.3, 0.4) is 0 Å². The average molecular weight is 783 g/mol. The van der Waals surface area contributed by atoms with Gasteiger partial charge >= 0.3 is 12.2 Å². The number of aliphatic hydroxyl groups excluding tert-OH is 1. The molecule has 13 heteroatoms. The fourth-order valence-electron chi connectivity index (χ4n) is 5.46. The first kappa shape index (κ1) is 47.4. The van der Waals surface area contributed by atoms with Gasteiger partial charge in [-0.1, -0.05) is 37.8 Å². The summed E-state index contributed by atoms with van der Waals surface area (Å²) >= 11 is 0. The fraction of sp³-hybridized carbons (Fsp3) is 0.535. The van der Waals surface area contributed by atoms with Crippen molar-refractivity contribution in [3.63, 3.8) is 0 Å². The summed E-state index contributed by atoms with van der Waals surface area (Å²) in [7, 11) is 1.00. The molecule has 0 spiro atoms. The molecule has 2 N–H and O–H groups in total. The summed E-state index contributed by atoms with van der Waals surface area (Å²) in [6.45, 7) is 20.7. The molecule has 2 saturated heterocycles. The third kappa shape index (κ3) is 18.7. The average Bonchev–Trinajstić information content (AvgIpc) is 3.16. The third-order valence-electron chi connectivity index (χ3n) is 8.31. The highest BCUT2D eigenvalue weighted by Crippen LogP contribution is 2.20. The number of rotatable bonds is 11. The molecule has 2 heterocycles. The van der Waals surface area contributed by atoms with Crippen LogP contribution in [0.25, 0.3) is 0 Å². The number of hydrogen-bond acceptors (Lipinski definition) is 11. The Morgan fingerprint density at radius 2 is 0.911 bits per heavy atom. The zero-order valence-electron chi connectivity index (χ0n) is 33.7. The maximum Gasteiger partial charge on any atom is 0.410 e. The van der Waals surface area contributed by atoms with Crippen LogP contribution < -0.4 is 14.2 Å². The van der Waals surface area contributed by atoms with Gasteiger partial charge in [0.25, 0.3) is 0 Å². The molecule has 56 heavy (non-hydrogen) atoms. The van der Waals surface area contributed by atoms with Gasteiger partial charge in [-0.05, 0) is 95.6 Å². The quantitative estimate of drug-likeness (QED) is 0.214. The zero-order chi connectivity index (χ0) is 40.3. The van der Waals surface area contributed by atoms with Crippen LogP contribution in [0.2, 0.25) is 0 Å². The van der Waals surface area contributed by atoms with Gasteiger partial charge in [0.2, 0.25) is 0 Å². The van der Waals surface area contributed by atoms with Crippen molar-refractivity contribution in [2.24, 2.45) is 0 Å². The molecule has 0 aromatic heterocycles. The lowest BCUT2D eigenvalue weighted by Crippen LogP contribution is -2.50. The first-order chi connectivity index (χ1) is 26.2. The maximum absolute atomic E-state index is 12.1. The van der Waals surface area contributed by atoms with Gasteiger partial charge in [0.1, 0.15) is 54.0 Å². The Kier molecular flexibility index (Phi) is 20.4. The van der Waals surface area contributed by atoms with Gasteiger partial charge in [-0.25, -0.2) is 9.59 Å². The van der Waals surface area contributed by atoms with Gasteiger partial charge < -0.3 is 43.7 Å². The van der Waals surface area contributed by atoms with Gasteiger partial charge in [-0.3, -0.25) is 9.80 Å². The minimum absolute atomic E-state index is 0. The lowest BCUT2D eigenvalue weighted by atomic mass is 10.2. The smallest absolute Gasteiger partial charge is 0.410 e. The van der Waals surface area contributed by atoms with Crippen LogP contribution in [0.5, 0.6) is 23.0 Å². The van der Waals surface area contributed by atoms with Crippen LogP contribution in [0.15, 0.2) is 78.9 Å². The fourth-order valence-corrected chi connectivity index (χ4v) is 5.46. The van der Waals surface area contributed by atoms with E-state index < -0.39 is 11.2 Å². The van der Waals surface area contributed by atoms with E-state index in [9.17, 15) is 14.7 Å². The van der Waals surface area contributed by atoms with Gasteiger partial charge in [0, 0.05) is 72.6 Å². The molecule has 0 radical (unpaired) electrons. The number of amides is 2. The molecule has 2 aliphatic heterocycles. The van der Waals surface area contributed by atoms with E-state index in [2.05, 4.69) is 9.80 Å². The van der Waals surface area contributed by atoms with Gasteiger partial charge in [0.05, 0.1) is 0 Å². The highest BCUT2D eigenvalue weighted by Gasteiger charge is 2.27. The molecular formula is C43H66N4O9. The molecule has 5 rings (SSSR count). The van der Waals surface area contributed by atoms with Crippen molar-refractivity contribution in [2.45, 2.75) is 66.8 Å². The number of nitrogens with zero attached hydrogens (tertiary/aromatic N) is 4. The number of hydrogen-bond donors (Lipinski definition) is 2. The van der Waals surface area contributed by atoms with Crippen LogP contribution in [0.1, 0.15) is 54.5 Å². The SMILES string of the molecule is C.CC(C)(C)OC(=O)N1CCN(CCOc2ccc(O)cc2)CC1.CC(C)(C)OC(=O)N1CCN(CCOc2ccc(OCc3ccccc3)cc2)CC1.CO. The maximum atomic E-state index is 12.1. The Labute approximate surface area is 334 Å². The minimum Gasteiger partial charge on any atom is -0.508 e. The molecule has 0 atom stereocenters. The molecule has 3 aromatic rings. The van der Waals surface area contributed by atoms with Crippen molar-refractivity contribution < 1.29 is 43.5 Å². The molecule has 0 aliphatic carbocycles. The van der Waals surface area contributed by atoms with Crippen molar-refractivity contribution in [2.75, 3.05) is 85.8 Å². The Hall–Kier alpha value is -4.72. The highest BCUT2D eigenvalue weighted by atomic mass is 16.6. The van der Waals surface area contributed by atoms with Crippen molar-refractivity contribution in [1.82, 2.24) is 19.6 Å². The van der Waals surface area contributed by atoms with Gasteiger partial charge in [0.15, 0.2) is 0 Å². The number of aromatic hydroxyl groups is 1. The largest absolute Gasteiger partial charge is 0.508 e. The van der Waals surface area contributed by atoms with Crippen LogP contribution in [-0.4, -0.2) is 139 Å². The summed E-state index contributed by atoms with van der Waals surface area (Å²) in [4.78, 5) is 32.2. The van der Waals surface area contributed by atoms with Crippen LogP contribution >= 0.6 is 0 Å². The molecular weight excluding hydrogens is 716 g/mol. The molecule has 2 amide bonds. The molecule has 0 unspecified atom stereocenters. The van der Waals surface area contributed by atoms with Crippen molar-refractivity contribution in [3.05, 3.63) is 84.4 Å². The Bertz CT molecular complexity index is 1510. The summed E-state index contributed by atoms with van der Waals surface area (Å²) in [5.74, 6) is 2.63. The Morgan fingerprint density at radius 3 is 1.29 bits per heavy atom. The van der Waals surface area contributed by atoms with E-state index in [1.807, 2.05) is 96.1 Å². The molecule has 312 valence electrons. The highest BCUT2D eigenvalue weighted by molar-refractivity contribution is 5.68. The normalized spacial score (nSPS) is 14.8. The standard InChI is InChI=1S/C24H32N2O4.C17H26N2O4.CH4O.CH4/c1-24(2,3)30-23(27)26-15-13-25(14-16-26)17-18-28-21-9-11-22(12-10-21)29-19-20-7-5-4-6-8-20;1-17(2,3)23-16(21)19-10-8-18(9-11-19)12-13-22-15-6-4-14(20)5-7-15;1-2;/h4-12H,13-19H2,1-3H3;4-7,20H,8-13H2,1-3H3;2H,1H3;1H4. The van der Waals surface area contributed by atoms with Gasteiger partial charge in [-0.15, -0.1) is 0 Å². The number of phenolic OH excluding ortho intramolecular Hbond substituents is 1. The number of benzene rings is 3. The summed E-state index contributed by atoms with van der Waals surface area (Å²) < 4.78 is 28.1. The molecule has 2 fully saturated rings. The van der Waals surface area contributed by atoms with E-state index in [1.54, 1.807) is 34.1 Å². The number of carbonyl (C=O) groups is 2. The second-order valence-electron chi connectivity index (χ2n) is 15.1. The lowest BCUT2D eigenvalue weighted by Gasteiger charge is -2.35. The second kappa shape index (κ2) is 24.0. The predicted molar refractivity (Wildman–Crippen MR) is 220 cm³/mol. The molecule has 3 aromatic carbocycles. The van der Waals surface area contributed by atoms with Crippen LogP contribution in [0.4, 0.5) is 9.59 Å². The third-order valence-corrected chi connectivity index (χ3v) is 8.31. The molecule has 0 saturated carbocycles. The number of aliphatic hydroxyl groups is 1. The minimum atomic E-state index is -0.454. The van der Waals surface area contributed by atoms with Crippen molar-refractivity contribution in [1.29, 1.82) is 0 Å². The summed E-state index contributed by atoms with van der Waals surface area (Å²) in [5, 5.41) is 16.2. The predicted octanol–water partition coefficient (Wildman–Crippen LogP) is 6.77. The summed E-state index contributed by atoms with van der Waals surface area (Å²) in [5.41, 5.74) is 0.237. The summed E-state index contributed by atoms with van der Waals surface area (Å²) in [6.07, 6.45) is -0.467. The molecule has 2 aliphatic rings. The van der Waals surface area contributed by atoms with E-state index >= 15 is 0 Å². The number of piperazine rings is 2. The number of carbonyl (C=O) groups excluding carboxylic acids is 2. The Balaban J connectivity index is 0.000000376. The van der Waals surface area contributed by atoms with E-state index in [4.69, 9.17) is 28.8 Å². The first-order valence-corrected chi connectivity index (χ1v) is 18.9. The van der Waals surface area contributed by atoms with E-state index in [1.165, 1.54) is 0 Å². The van der Waals surface area contributed by atoms with Crippen LogP contribution in [0, 0.1) is 0 Å². The van der Waals surface area contributed by atoms with Gasteiger partial charge in [-0.2, -0.15) is 0 Å². The molecule has 0 bridgehead atoms. The summed E-state index contributed by atoms with van der Waals surface area (Å²) in [6, 6.07) is 24.5. The second-order valence-corrected chi connectivity index (χ2v) is 15.1. The van der Waals surface area contributed by atoms with Crippen LogP contribution in [-0.2, 0) is 16.1 Å². The zero-order valence-corrected chi connectivity index (χ0v) is 33.7. The Morgan fingerprint density at radius 1 is 0.554 bits per heavy atom. The van der Waals surface area contributed by atoms with Crippen molar-refractivity contribution >= 4 is 12.2 Å². The number of ether oxygens (including phenoxy) is 5. The first-order valence-electron chi connectivity index (χ1n) is 18.9. The van der Waals surface area contributed by atoms with E-state index in [0.29, 0.717) is 46.0 Å². The topological polar surface area (TPSA) is 134 Å². The van der Waals surface area contributed by atoms with Crippen molar-refractivity contribution in [3.8, 4) is 23.0 Å². The molecule has 13 nitrogen and oxygen atoms in total. The lowest BCUT2D eigenvalue weighted by molar-refractivity contribution is 0.0127. The van der Waals surface area contributed by atoms with E-state index in [-0.39, 0.29) is 25.4 Å². The monoisotopic (exact) mass is 782 g/mol.